The highest BCUT2D eigenvalue weighted by molar-refractivity contribution is 7.90. The van der Waals surface area contributed by atoms with Gasteiger partial charge in [-0.15, -0.1) is 0 Å². The molecule has 4 rings (SSSR count). The molecule has 1 aromatic heterocycles. The highest BCUT2D eigenvalue weighted by Gasteiger charge is 2.37. The summed E-state index contributed by atoms with van der Waals surface area (Å²) in [7, 11) is -3.29. The summed E-state index contributed by atoms with van der Waals surface area (Å²) in [5.74, 6) is 0.684. The van der Waals surface area contributed by atoms with Crippen LogP contribution in [0.2, 0.25) is 0 Å². The number of likely N-dealkylation sites (tertiary alicyclic amines) is 1. The minimum Gasteiger partial charge on any atom is -0.337 e. The molecule has 1 aliphatic carbocycles. The molecule has 2 fully saturated rings. The molecule has 0 radical (unpaired) electrons. The molecule has 9 heteroatoms. The normalized spacial score (nSPS) is 20.7. The third-order valence-electron chi connectivity index (χ3n) is 4.69. The number of amides is 1. The molecule has 1 aliphatic heterocycles. The van der Waals surface area contributed by atoms with E-state index in [1.54, 1.807) is 4.90 Å². The van der Waals surface area contributed by atoms with Crippen LogP contribution >= 0.6 is 0 Å². The lowest BCUT2D eigenvalue weighted by Gasteiger charge is -2.22. The lowest BCUT2D eigenvalue weighted by Crippen LogP contribution is -2.28. The van der Waals surface area contributed by atoms with Gasteiger partial charge >= 0.3 is 0 Å². The van der Waals surface area contributed by atoms with Gasteiger partial charge in [-0.1, -0.05) is 35.5 Å². The number of rotatable bonds is 7. The Hall–Kier alpha value is -2.26. The van der Waals surface area contributed by atoms with Crippen LogP contribution in [0.25, 0.3) is 0 Å². The second kappa shape index (κ2) is 6.81. The first-order chi connectivity index (χ1) is 12.5. The minimum atomic E-state index is -3.29. The van der Waals surface area contributed by atoms with E-state index < -0.39 is 10.0 Å². The van der Waals surface area contributed by atoms with Crippen molar-refractivity contribution in [2.24, 2.45) is 0 Å². The lowest BCUT2D eigenvalue weighted by molar-refractivity contribution is -0.129. The molecule has 1 saturated heterocycles. The van der Waals surface area contributed by atoms with Crippen LogP contribution in [0.4, 0.5) is 0 Å². The van der Waals surface area contributed by atoms with Gasteiger partial charge in [-0.25, -0.2) is 13.1 Å². The van der Waals surface area contributed by atoms with Crippen LogP contribution < -0.4 is 4.72 Å². The molecule has 0 spiro atoms. The highest BCUT2D eigenvalue weighted by Crippen LogP contribution is 2.33. The fourth-order valence-electron chi connectivity index (χ4n) is 3.10. The molecule has 0 bridgehead atoms. The standard InChI is InChI=1S/C17H20N4O4S/c22-16-9-8-14(21(16)11-12-4-2-1-3-5-12)17-19-15(20-25-17)10-18-26(23,24)13-6-7-13/h1-5,13-14,18H,6-11H2/t14-/m0/s1. The van der Waals surface area contributed by atoms with Gasteiger partial charge in [-0.3, -0.25) is 4.79 Å². The van der Waals surface area contributed by atoms with Crippen molar-refractivity contribution in [3.63, 3.8) is 0 Å². The second-order valence-corrected chi connectivity index (χ2v) is 8.72. The van der Waals surface area contributed by atoms with Gasteiger partial charge in [0.05, 0.1) is 11.8 Å². The van der Waals surface area contributed by atoms with E-state index in [4.69, 9.17) is 4.52 Å². The van der Waals surface area contributed by atoms with Gasteiger partial charge in [0.15, 0.2) is 5.82 Å². The van der Waals surface area contributed by atoms with E-state index in [2.05, 4.69) is 14.9 Å². The van der Waals surface area contributed by atoms with Crippen LogP contribution in [0.1, 0.15) is 49.0 Å². The van der Waals surface area contributed by atoms with E-state index in [0.29, 0.717) is 38.1 Å². The largest absolute Gasteiger partial charge is 0.337 e. The third-order valence-corrected chi connectivity index (χ3v) is 6.58. The maximum Gasteiger partial charge on any atom is 0.249 e. The molecule has 2 aliphatic rings. The zero-order chi connectivity index (χ0) is 18.1. The van der Waals surface area contributed by atoms with Crippen LogP contribution in [0.5, 0.6) is 0 Å². The summed E-state index contributed by atoms with van der Waals surface area (Å²) in [5, 5.41) is 3.57. The summed E-state index contributed by atoms with van der Waals surface area (Å²) in [6.07, 6.45) is 2.45. The first kappa shape index (κ1) is 17.2. The predicted molar refractivity (Wildman–Crippen MR) is 92.0 cm³/mol. The van der Waals surface area contributed by atoms with Gasteiger partial charge in [0, 0.05) is 13.0 Å². The summed E-state index contributed by atoms with van der Waals surface area (Å²) in [6.45, 7) is 0.484. The predicted octanol–water partition coefficient (Wildman–Crippen LogP) is 1.52. The van der Waals surface area contributed by atoms with Gasteiger partial charge < -0.3 is 9.42 Å². The Kier molecular flexibility index (Phi) is 4.49. The molecule has 138 valence electrons. The van der Waals surface area contributed by atoms with Gasteiger partial charge in [0.1, 0.15) is 6.04 Å². The highest BCUT2D eigenvalue weighted by atomic mass is 32.2. The number of hydrogen-bond acceptors (Lipinski definition) is 6. The SMILES string of the molecule is O=C1CC[C@@H](c2nc(CNS(=O)(=O)C3CC3)no2)N1Cc1ccccc1. The number of benzene rings is 1. The molecule has 2 heterocycles. The number of carbonyl (C=O) groups is 1. The fraction of sp³-hybridized carbons (Fsp3) is 0.471. The molecule has 2 aromatic rings. The average molecular weight is 376 g/mol. The van der Waals surface area contributed by atoms with Crippen molar-refractivity contribution in [3.8, 4) is 0 Å². The smallest absolute Gasteiger partial charge is 0.249 e. The Morgan fingerprint density at radius 2 is 1.96 bits per heavy atom. The summed E-state index contributed by atoms with van der Waals surface area (Å²) in [5.41, 5.74) is 1.03. The van der Waals surface area contributed by atoms with Crippen molar-refractivity contribution in [2.75, 3.05) is 0 Å². The molecule has 1 saturated carbocycles. The van der Waals surface area contributed by atoms with Crippen molar-refractivity contribution < 1.29 is 17.7 Å². The van der Waals surface area contributed by atoms with Gasteiger partial charge in [0.25, 0.3) is 0 Å². The number of hydrogen-bond donors (Lipinski definition) is 1. The van der Waals surface area contributed by atoms with Gasteiger partial charge in [0.2, 0.25) is 21.8 Å². The molecule has 1 amide bonds. The van der Waals surface area contributed by atoms with Crippen LogP contribution in [0.3, 0.4) is 0 Å². The third kappa shape index (κ3) is 3.63. The summed E-state index contributed by atoms with van der Waals surface area (Å²) in [6, 6.07) is 9.45. The number of nitrogens with one attached hydrogen (secondary N) is 1. The number of nitrogens with zero attached hydrogens (tertiary/aromatic N) is 3. The topological polar surface area (TPSA) is 105 Å². The van der Waals surface area contributed by atoms with Crippen LogP contribution in [-0.4, -0.2) is 34.6 Å². The van der Waals surface area contributed by atoms with E-state index in [1.165, 1.54) is 0 Å². The zero-order valence-corrected chi connectivity index (χ0v) is 15.0. The molecule has 1 N–H and O–H groups in total. The van der Waals surface area contributed by atoms with Crippen molar-refractivity contribution in [2.45, 2.75) is 50.1 Å². The molecular formula is C17H20N4O4S. The second-order valence-electron chi connectivity index (χ2n) is 6.68. The average Bonchev–Trinajstić information content (AvgIpc) is 3.31. The summed E-state index contributed by atoms with van der Waals surface area (Å²) >= 11 is 0. The summed E-state index contributed by atoms with van der Waals surface area (Å²) < 4.78 is 31.6. The molecule has 8 nitrogen and oxygen atoms in total. The maximum absolute atomic E-state index is 12.3. The van der Waals surface area contributed by atoms with Crippen LogP contribution in [0, 0.1) is 0 Å². The molecule has 26 heavy (non-hydrogen) atoms. The number of carbonyl (C=O) groups excluding carboxylic acids is 1. The van der Waals surface area contributed by atoms with Crippen molar-refractivity contribution in [3.05, 3.63) is 47.6 Å². The van der Waals surface area contributed by atoms with Crippen LogP contribution in [-0.2, 0) is 27.9 Å². The molecular weight excluding hydrogens is 356 g/mol. The van der Waals surface area contributed by atoms with Gasteiger partial charge in [-0.05, 0) is 24.8 Å². The molecule has 1 atom stereocenters. The fourth-order valence-corrected chi connectivity index (χ4v) is 4.43. The first-order valence-corrected chi connectivity index (χ1v) is 10.2. The van der Waals surface area contributed by atoms with Gasteiger partial charge in [-0.2, -0.15) is 4.98 Å². The minimum absolute atomic E-state index is 0.00167. The number of aromatic nitrogens is 2. The van der Waals surface area contributed by atoms with Crippen LogP contribution in [0.15, 0.2) is 34.9 Å². The first-order valence-electron chi connectivity index (χ1n) is 8.67. The monoisotopic (exact) mass is 376 g/mol. The Bertz CT molecular complexity index is 892. The van der Waals surface area contributed by atoms with E-state index in [0.717, 1.165) is 5.56 Å². The Morgan fingerprint density at radius 1 is 1.19 bits per heavy atom. The van der Waals surface area contributed by atoms with Crippen molar-refractivity contribution in [1.82, 2.24) is 19.8 Å². The van der Waals surface area contributed by atoms with E-state index in [1.807, 2.05) is 30.3 Å². The lowest BCUT2D eigenvalue weighted by atomic mass is 10.2. The Balaban J connectivity index is 1.44. The Labute approximate surface area is 151 Å². The zero-order valence-electron chi connectivity index (χ0n) is 14.2. The van der Waals surface area contributed by atoms with Crippen molar-refractivity contribution in [1.29, 1.82) is 0 Å². The van der Waals surface area contributed by atoms with E-state index in [9.17, 15) is 13.2 Å². The Morgan fingerprint density at radius 3 is 2.69 bits per heavy atom. The summed E-state index contributed by atoms with van der Waals surface area (Å²) in [4.78, 5) is 18.3. The van der Waals surface area contributed by atoms with E-state index >= 15 is 0 Å². The molecule has 0 unspecified atom stereocenters. The number of sulfonamides is 1. The van der Waals surface area contributed by atoms with E-state index in [-0.39, 0.29) is 29.6 Å². The van der Waals surface area contributed by atoms with Crippen molar-refractivity contribution >= 4 is 15.9 Å². The molecule has 1 aromatic carbocycles. The maximum atomic E-state index is 12.3. The quantitative estimate of drug-likeness (QED) is 0.785.